The summed E-state index contributed by atoms with van der Waals surface area (Å²) >= 11 is 1.24. The number of rotatable bonds is 6. The molecule has 0 bridgehead atoms. The van der Waals surface area contributed by atoms with Crippen molar-refractivity contribution in [2.75, 3.05) is 32.7 Å². The molecule has 1 aliphatic rings. The molecular formula is C15H26N3O3S2+. The quantitative estimate of drug-likeness (QED) is 0.747. The average molecular weight is 361 g/mol. The highest BCUT2D eigenvalue weighted by molar-refractivity contribution is 7.91. The molecule has 2 N–H and O–H groups in total. The van der Waals surface area contributed by atoms with Gasteiger partial charge in [-0.25, -0.2) is 8.42 Å². The minimum Gasteiger partial charge on any atom is -0.346 e. The first kappa shape index (κ1) is 18.4. The van der Waals surface area contributed by atoms with E-state index in [0.717, 1.165) is 11.3 Å². The maximum atomic E-state index is 12.5. The van der Waals surface area contributed by atoms with Crippen LogP contribution in [0.1, 0.15) is 27.2 Å². The molecule has 0 aromatic carbocycles. The largest absolute Gasteiger partial charge is 0.346 e. The molecule has 1 saturated heterocycles. The Labute approximate surface area is 142 Å². The Kier molecular flexibility index (Phi) is 5.83. The monoisotopic (exact) mass is 360 g/mol. The summed E-state index contributed by atoms with van der Waals surface area (Å²) in [6.07, 6.45) is 0.876. The van der Waals surface area contributed by atoms with Crippen molar-refractivity contribution in [3.05, 3.63) is 17.5 Å². The van der Waals surface area contributed by atoms with Gasteiger partial charge in [-0.3, -0.25) is 4.79 Å². The van der Waals surface area contributed by atoms with Crippen molar-refractivity contribution in [3.63, 3.8) is 0 Å². The van der Waals surface area contributed by atoms with E-state index in [0.29, 0.717) is 36.9 Å². The Bertz CT molecular complexity index is 618. The normalized spacial score (nSPS) is 18.0. The first-order chi connectivity index (χ1) is 10.7. The highest BCUT2D eigenvalue weighted by atomic mass is 32.2. The highest BCUT2D eigenvalue weighted by Crippen LogP contribution is 2.20. The summed E-state index contributed by atoms with van der Waals surface area (Å²) in [5, 5.41) is 4.80. The van der Waals surface area contributed by atoms with Crippen LogP contribution < -0.4 is 10.2 Å². The van der Waals surface area contributed by atoms with Gasteiger partial charge in [0.2, 0.25) is 0 Å². The Morgan fingerprint density at radius 1 is 1.39 bits per heavy atom. The Morgan fingerprint density at radius 2 is 2.04 bits per heavy atom. The van der Waals surface area contributed by atoms with E-state index in [9.17, 15) is 13.2 Å². The Balaban J connectivity index is 1.86. The first-order valence-corrected chi connectivity index (χ1v) is 10.2. The Morgan fingerprint density at radius 3 is 2.57 bits per heavy atom. The molecule has 0 atom stereocenters. The predicted molar refractivity (Wildman–Crippen MR) is 91.2 cm³/mol. The van der Waals surface area contributed by atoms with Crippen LogP contribution in [0.4, 0.5) is 0 Å². The van der Waals surface area contributed by atoms with E-state index >= 15 is 0 Å². The summed E-state index contributed by atoms with van der Waals surface area (Å²) < 4.78 is 26.8. The van der Waals surface area contributed by atoms with E-state index in [4.69, 9.17) is 0 Å². The van der Waals surface area contributed by atoms with E-state index in [2.05, 4.69) is 5.32 Å². The molecule has 6 nitrogen and oxygen atoms in total. The third-order valence-corrected chi connectivity index (χ3v) is 7.56. The van der Waals surface area contributed by atoms with Crippen molar-refractivity contribution < 1.29 is 18.1 Å². The van der Waals surface area contributed by atoms with Crippen LogP contribution in [-0.4, -0.2) is 56.9 Å². The molecule has 1 aromatic rings. The number of hydrogen-bond donors (Lipinski definition) is 2. The number of amides is 1. The molecule has 1 fully saturated rings. The van der Waals surface area contributed by atoms with Crippen molar-refractivity contribution in [2.45, 2.75) is 36.9 Å². The zero-order chi connectivity index (χ0) is 17.1. The lowest BCUT2D eigenvalue weighted by Gasteiger charge is -2.32. The number of hydrogen-bond acceptors (Lipinski definition) is 4. The number of piperazine rings is 1. The minimum atomic E-state index is -3.37. The second-order valence-electron chi connectivity index (χ2n) is 6.55. The molecule has 2 heterocycles. The molecule has 0 spiro atoms. The standard InChI is InChI=1S/C15H25N3O3S2/c1-4-15(2,3)16-13(19)12-17-7-9-18(10-8-17)23(20,21)14-6-5-11-22-14/h5-6,11H,4,7-10,12H2,1-3H3,(H,16,19)/p+1. The molecule has 1 aliphatic heterocycles. The maximum absolute atomic E-state index is 12.5. The molecule has 130 valence electrons. The fourth-order valence-corrected chi connectivity index (χ4v) is 5.08. The fraction of sp³-hybridized carbons (Fsp3) is 0.667. The second-order valence-corrected chi connectivity index (χ2v) is 9.66. The summed E-state index contributed by atoms with van der Waals surface area (Å²) in [7, 11) is -3.37. The van der Waals surface area contributed by atoms with Crippen LogP contribution in [0.3, 0.4) is 0 Å². The molecule has 0 radical (unpaired) electrons. The zero-order valence-electron chi connectivity index (χ0n) is 14.0. The van der Waals surface area contributed by atoms with Gasteiger partial charge in [0.05, 0.1) is 26.2 Å². The van der Waals surface area contributed by atoms with Gasteiger partial charge in [-0.1, -0.05) is 13.0 Å². The van der Waals surface area contributed by atoms with E-state index in [-0.39, 0.29) is 11.4 Å². The Hall–Kier alpha value is -0.960. The number of carbonyl (C=O) groups is 1. The van der Waals surface area contributed by atoms with Crippen LogP contribution in [0.15, 0.2) is 21.7 Å². The van der Waals surface area contributed by atoms with Crippen LogP contribution in [0.25, 0.3) is 0 Å². The van der Waals surface area contributed by atoms with Gasteiger partial charge in [-0.2, -0.15) is 4.31 Å². The first-order valence-electron chi connectivity index (χ1n) is 7.93. The summed E-state index contributed by atoms with van der Waals surface area (Å²) in [5.41, 5.74) is -0.194. The molecule has 0 saturated carbocycles. The van der Waals surface area contributed by atoms with Gasteiger partial charge in [-0.15, -0.1) is 11.3 Å². The lowest BCUT2D eigenvalue weighted by atomic mass is 10.0. The second kappa shape index (κ2) is 7.29. The topological polar surface area (TPSA) is 70.9 Å². The summed E-state index contributed by atoms with van der Waals surface area (Å²) in [6.45, 7) is 8.68. The van der Waals surface area contributed by atoms with E-state index in [1.165, 1.54) is 15.6 Å². The fourth-order valence-electron chi connectivity index (χ4n) is 2.49. The van der Waals surface area contributed by atoms with Gasteiger partial charge in [0, 0.05) is 5.54 Å². The van der Waals surface area contributed by atoms with Crippen molar-refractivity contribution in [2.24, 2.45) is 0 Å². The number of nitrogens with one attached hydrogen (secondary N) is 2. The van der Waals surface area contributed by atoms with Crippen molar-refractivity contribution in [1.29, 1.82) is 0 Å². The zero-order valence-corrected chi connectivity index (χ0v) is 15.6. The molecular weight excluding hydrogens is 334 g/mol. The molecule has 1 amide bonds. The number of carbonyl (C=O) groups excluding carboxylic acids is 1. The third-order valence-electron chi connectivity index (χ3n) is 4.29. The van der Waals surface area contributed by atoms with Crippen LogP contribution >= 0.6 is 11.3 Å². The highest BCUT2D eigenvalue weighted by Gasteiger charge is 2.32. The summed E-state index contributed by atoms with van der Waals surface area (Å²) in [6, 6.07) is 3.39. The van der Waals surface area contributed by atoms with Crippen LogP contribution in [-0.2, 0) is 14.8 Å². The lowest BCUT2D eigenvalue weighted by molar-refractivity contribution is -0.895. The van der Waals surface area contributed by atoms with Crippen LogP contribution in [0.5, 0.6) is 0 Å². The maximum Gasteiger partial charge on any atom is 0.275 e. The summed E-state index contributed by atoms with van der Waals surface area (Å²) in [5.74, 6) is 0.0291. The van der Waals surface area contributed by atoms with Gasteiger partial charge < -0.3 is 10.2 Å². The SMILES string of the molecule is CCC(C)(C)NC(=O)C[NH+]1CCN(S(=O)(=O)c2cccs2)CC1. The van der Waals surface area contributed by atoms with Crippen molar-refractivity contribution >= 4 is 27.3 Å². The van der Waals surface area contributed by atoms with Gasteiger partial charge in [-0.05, 0) is 31.7 Å². The minimum absolute atomic E-state index is 0.0291. The average Bonchev–Trinajstić information content (AvgIpc) is 3.02. The predicted octanol–water partition coefficient (Wildman–Crippen LogP) is -0.0579. The number of thiophene rings is 1. The third kappa shape index (κ3) is 4.76. The van der Waals surface area contributed by atoms with E-state index in [1.54, 1.807) is 17.5 Å². The van der Waals surface area contributed by atoms with Gasteiger partial charge in [0.25, 0.3) is 15.9 Å². The van der Waals surface area contributed by atoms with Crippen molar-refractivity contribution in [3.8, 4) is 0 Å². The van der Waals surface area contributed by atoms with Crippen LogP contribution in [0.2, 0.25) is 0 Å². The molecule has 1 aromatic heterocycles. The molecule has 0 unspecified atom stereocenters. The lowest BCUT2D eigenvalue weighted by Crippen LogP contribution is -3.16. The smallest absolute Gasteiger partial charge is 0.275 e. The molecule has 23 heavy (non-hydrogen) atoms. The molecule has 2 rings (SSSR count). The number of quaternary nitrogens is 1. The van der Waals surface area contributed by atoms with Crippen molar-refractivity contribution in [1.82, 2.24) is 9.62 Å². The van der Waals surface area contributed by atoms with Crippen LogP contribution in [0, 0.1) is 0 Å². The van der Waals surface area contributed by atoms with Gasteiger partial charge >= 0.3 is 0 Å². The van der Waals surface area contributed by atoms with E-state index in [1.807, 2.05) is 20.8 Å². The molecule has 8 heteroatoms. The molecule has 0 aliphatic carbocycles. The van der Waals surface area contributed by atoms with Gasteiger partial charge in [0.1, 0.15) is 4.21 Å². The number of sulfonamides is 1. The number of nitrogens with zero attached hydrogens (tertiary/aromatic N) is 1. The van der Waals surface area contributed by atoms with Gasteiger partial charge in [0.15, 0.2) is 6.54 Å². The van der Waals surface area contributed by atoms with E-state index < -0.39 is 10.0 Å². The summed E-state index contributed by atoms with van der Waals surface area (Å²) in [4.78, 5) is 13.2.